The minimum absolute atomic E-state index is 0.0528. The highest BCUT2D eigenvalue weighted by Gasteiger charge is 2.14. The highest BCUT2D eigenvalue weighted by Crippen LogP contribution is 2.10. The first-order chi connectivity index (χ1) is 8.74. The summed E-state index contributed by atoms with van der Waals surface area (Å²) < 4.78 is 16.3. The van der Waals surface area contributed by atoms with Crippen LogP contribution in [0.4, 0.5) is 5.95 Å². The Kier molecular flexibility index (Phi) is 4.72. The van der Waals surface area contributed by atoms with E-state index >= 15 is 0 Å². The highest BCUT2D eigenvalue weighted by atomic mass is 16.6. The van der Waals surface area contributed by atoms with Crippen molar-refractivity contribution in [3.8, 4) is 5.88 Å². The Morgan fingerprint density at radius 2 is 2.39 bits per heavy atom. The molecule has 2 heterocycles. The molecule has 6 heteroatoms. The molecule has 0 saturated carbocycles. The average molecular weight is 253 g/mol. The van der Waals surface area contributed by atoms with Crippen molar-refractivity contribution >= 4 is 5.95 Å². The zero-order valence-electron chi connectivity index (χ0n) is 10.8. The third-order valence-corrected chi connectivity index (χ3v) is 2.36. The minimum Gasteiger partial charge on any atom is -0.475 e. The second-order valence-corrected chi connectivity index (χ2v) is 4.33. The summed E-state index contributed by atoms with van der Waals surface area (Å²) in [5.74, 6) is 1.12. The first-order valence-corrected chi connectivity index (χ1v) is 6.17. The number of hydrogen-bond donors (Lipinski definition) is 1. The number of rotatable bonds is 5. The summed E-state index contributed by atoms with van der Waals surface area (Å²) in [5.41, 5.74) is 0. The quantitative estimate of drug-likeness (QED) is 0.847. The van der Waals surface area contributed by atoms with Gasteiger partial charge in [0, 0.05) is 18.8 Å². The monoisotopic (exact) mass is 253 g/mol. The summed E-state index contributed by atoms with van der Waals surface area (Å²) >= 11 is 0. The lowest BCUT2D eigenvalue weighted by atomic mass is 10.3. The normalized spacial score (nSPS) is 19.8. The molecule has 1 aromatic heterocycles. The van der Waals surface area contributed by atoms with Gasteiger partial charge in [-0.05, 0) is 13.8 Å². The van der Waals surface area contributed by atoms with Crippen molar-refractivity contribution < 1.29 is 14.2 Å². The lowest BCUT2D eigenvalue weighted by molar-refractivity contribution is -0.0819. The predicted octanol–water partition coefficient (Wildman–Crippen LogP) is 1.09. The SMILES string of the molecule is CC(C)Oc1ccnc(NCC2COCCO2)n1. The second kappa shape index (κ2) is 6.51. The van der Waals surface area contributed by atoms with Gasteiger partial charge in [-0.2, -0.15) is 4.98 Å². The van der Waals surface area contributed by atoms with Gasteiger partial charge in [0.25, 0.3) is 0 Å². The Labute approximate surface area is 107 Å². The van der Waals surface area contributed by atoms with Crippen molar-refractivity contribution in [3.63, 3.8) is 0 Å². The van der Waals surface area contributed by atoms with Gasteiger partial charge in [0.1, 0.15) is 0 Å². The van der Waals surface area contributed by atoms with Gasteiger partial charge in [-0.1, -0.05) is 0 Å². The number of nitrogens with zero attached hydrogens (tertiary/aromatic N) is 2. The van der Waals surface area contributed by atoms with E-state index in [1.165, 1.54) is 0 Å². The van der Waals surface area contributed by atoms with Gasteiger partial charge in [0.05, 0.1) is 32.0 Å². The minimum atomic E-state index is 0.0528. The maximum absolute atomic E-state index is 5.52. The zero-order chi connectivity index (χ0) is 12.8. The van der Waals surface area contributed by atoms with E-state index in [1.54, 1.807) is 12.3 Å². The molecule has 0 bridgehead atoms. The van der Waals surface area contributed by atoms with Crippen LogP contribution < -0.4 is 10.1 Å². The fraction of sp³-hybridized carbons (Fsp3) is 0.667. The van der Waals surface area contributed by atoms with Crippen LogP contribution in [0.3, 0.4) is 0 Å². The molecule has 1 saturated heterocycles. The molecular weight excluding hydrogens is 234 g/mol. The van der Waals surface area contributed by atoms with Crippen LogP contribution in [0.2, 0.25) is 0 Å². The molecule has 1 aliphatic heterocycles. The van der Waals surface area contributed by atoms with Crippen molar-refractivity contribution in [1.29, 1.82) is 0 Å². The van der Waals surface area contributed by atoms with Crippen LogP contribution in [-0.2, 0) is 9.47 Å². The molecule has 0 spiro atoms. The first kappa shape index (κ1) is 13.0. The van der Waals surface area contributed by atoms with E-state index < -0.39 is 0 Å². The van der Waals surface area contributed by atoms with Crippen LogP contribution in [0.25, 0.3) is 0 Å². The van der Waals surface area contributed by atoms with E-state index in [9.17, 15) is 0 Å². The molecular formula is C12H19N3O3. The topological polar surface area (TPSA) is 65.5 Å². The van der Waals surface area contributed by atoms with Gasteiger partial charge in [0.2, 0.25) is 11.8 Å². The van der Waals surface area contributed by atoms with Crippen LogP contribution in [0, 0.1) is 0 Å². The zero-order valence-corrected chi connectivity index (χ0v) is 10.8. The van der Waals surface area contributed by atoms with Crippen molar-refractivity contribution in [2.24, 2.45) is 0 Å². The molecule has 18 heavy (non-hydrogen) atoms. The average Bonchev–Trinajstić information content (AvgIpc) is 2.37. The van der Waals surface area contributed by atoms with Crippen LogP contribution >= 0.6 is 0 Å². The van der Waals surface area contributed by atoms with E-state index in [1.807, 2.05) is 13.8 Å². The van der Waals surface area contributed by atoms with Crippen molar-refractivity contribution in [1.82, 2.24) is 9.97 Å². The number of hydrogen-bond acceptors (Lipinski definition) is 6. The van der Waals surface area contributed by atoms with Crippen LogP contribution in [0.5, 0.6) is 5.88 Å². The van der Waals surface area contributed by atoms with Gasteiger partial charge in [-0.15, -0.1) is 0 Å². The van der Waals surface area contributed by atoms with Crippen LogP contribution in [-0.4, -0.2) is 48.5 Å². The van der Waals surface area contributed by atoms with E-state index in [0.29, 0.717) is 38.2 Å². The standard InChI is InChI=1S/C12H19N3O3/c1-9(2)18-11-3-4-13-12(15-11)14-7-10-8-16-5-6-17-10/h3-4,9-10H,5-8H2,1-2H3,(H,13,14,15). The molecule has 0 amide bonds. The molecule has 0 aliphatic carbocycles. The summed E-state index contributed by atoms with van der Waals surface area (Å²) in [5, 5.41) is 3.12. The molecule has 1 aromatic rings. The molecule has 1 fully saturated rings. The van der Waals surface area contributed by atoms with Gasteiger partial charge in [-0.3, -0.25) is 0 Å². The Morgan fingerprint density at radius 3 is 3.11 bits per heavy atom. The van der Waals surface area contributed by atoms with Crippen LogP contribution in [0.15, 0.2) is 12.3 Å². The molecule has 0 radical (unpaired) electrons. The second-order valence-electron chi connectivity index (χ2n) is 4.33. The predicted molar refractivity (Wildman–Crippen MR) is 66.8 cm³/mol. The Hall–Kier alpha value is -1.40. The van der Waals surface area contributed by atoms with Crippen LogP contribution in [0.1, 0.15) is 13.8 Å². The third kappa shape index (κ3) is 4.12. The summed E-state index contributed by atoms with van der Waals surface area (Å²) in [6.07, 6.45) is 1.82. The van der Waals surface area contributed by atoms with E-state index in [4.69, 9.17) is 14.2 Å². The maximum Gasteiger partial charge on any atom is 0.226 e. The molecule has 1 N–H and O–H groups in total. The Balaban J connectivity index is 1.84. The third-order valence-electron chi connectivity index (χ3n) is 2.36. The number of aromatic nitrogens is 2. The van der Waals surface area contributed by atoms with Crippen molar-refractivity contribution in [3.05, 3.63) is 12.3 Å². The molecule has 1 aliphatic rings. The fourth-order valence-electron chi connectivity index (χ4n) is 1.59. The Bertz CT molecular complexity index is 367. The first-order valence-electron chi connectivity index (χ1n) is 6.17. The lowest BCUT2D eigenvalue weighted by Gasteiger charge is -2.23. The summed E-state index contributed by atoms with van der Waals surface area (Å²) in [4.78, 5) is 8.39. The largest absolute Gasteiger partial charge is 0.475 e. The van der Waals surface area contributed by atoms with E-state index in [2.05, 4.69) is 15.3 Å². The Morgan fingerprint density at radius 1 is 1.50 bits per heavy atom. The van der Waals surface area contributed by atoms with E-state index in [0.717, 1.165) is 0 Å². The highest BCUT2D eigenvalue weighted by molar-refractivity contribution is 5.27. The summed E-state index contributed by atoms with van der Waals surface area (Å²) in [6.45, 7) is 6.47. The molecule has 1 unspecified atom stereocenters. The van der Waals surface area contributed by atoms with Gasteiger partial charge in [0.15, 0.2) is 0 Å². The fourth-order valence-corrected chi connectivity index (χ4v) is 1.59. The molecule has 1 atom stereocenters. The summed E-state index contributed by atoms with van der Waals surface area (Å²) in [6, 6.07) is 1.74. The van der Waals surface area contributed by atoms with Gasteiger partial charge >= 0.3 is 0 Å². The van der Waals surface area contributed by atoms with Crippen molar-refractivity contribution in [2.75, 3.05) is 31.7 Å². The van der Waals surface area contributed by atoms with Crippen molar-refractivity contribution in [2.45, 2.75) is 26.1 Å². The van der Waals surface area contributed by atoms with Gasteiger partial charge in [-0.25, -0.2) is 4.98 Å². The van der Waals surface area contributed by atoms with Gasteiger partial charge < -0.3 is 19.5 Å². The summed E-state index contributed by atoms with van der Waals surface area (Å²) in [7, 11) is 0. The molecule has 6 nitrogen and oxygen atoms in total. The maximum atomic E-state index is 5.52. The molecule has 2 rings (SSSR count). The molecule has 0 aromatic carbocycles. The molecule has 100 valence electrons. The van der Waals surface area contributed by atoms with E-state index in [-0.39, 0.29) is 12.2 Å². The lowest BCUT2D eigenvalue weighted by Crippen LogP contribution is -2.34. The smallest absolute Gasteiger partial charge is 0.226 e. The number of anilines is 1. The number of nitrogens with one attached hydrogen (secondary N) is 1. The number of ether oxygens (including phenoxy) is 3.